The summed E-state index contributed by atoms with van der Waals surface area (Å²) in [5.41, 5.74) is 0. The summed E-state index contributed by atoms with van der Waals surface area (Å²) < 4.78 is 33.9. The van der Waals surface area contributed by atoms with E-state index in [9.17, 15) is 34.4 Å². The van der Waals surface area contributed by atoms with Gasteiger partial charge in [0.1, 0.15) is 19.8 Å². The quantitative estimate of drug-likeness (QED) is 0.0119. The van der Waals surface area contributed by atoms with E-state index in [-0.39, 0.29) is 38.9 Å². The molecule has 0 aliphatic rings. The van der Waals surface area contributed by atoms with Crippen molar-refractivity contribution in [2.45, 2.75) is 135 Å². The second-order valence-corrected chi connectivity index (χ2v) is 16.7. The van der Waals surface area contributed by atoms with Crippen molar-refractivity contribution in [2.24, 2.45) is 0 Å². The van der Waals surface area contributed by atoms with Crippen LogP contribution in [-0.4, -0.2) is 109 Å². The van der Waals surface area contributed by atoms with Gasteiger partial charge >= 0.3 is 19.8 Å². The van der Waals surface area contributed by atoms with E-state index in [1.54, 1.807) is 42.5 Å². The number of ether oxygens (including phenoxy) is 2. The fraction of sp³-hybridized carbons (Fsp3) is 0.609. The van der Waals surface area contributed by atoms with Gasteiger partial charge in [0.2, 0.25) is 0 Å². The fourth-order valence-electron chi connectivity index (χ4n) is 4.95. The van der Waals surface area contributed by atoms with Crippen molar-refractivity contribution in [2.75, 3.05) is 47.5 Å². The number of quaternary nitrogens is 1. The zero-order chi connectivity index (χ0) is 44.0. The maximum atomic E-state index is 12.7. The molecule has 336 valence electrons. The molecule has 0 aromatic heterocycles. The van der Waals surface area contributed by atoms with Gasteiger partial charge in [-0.2, -0.15) is 0 Å². The zero-order valence-electron chi connectivity index (χ0n) is 36.5. The van der Waals surface area contributed by atoms with Gasteiger partial charge in [0.15, 0.2) is 6.10 Å². The minimum Gasteiger partial charge on any atom is -0.462 e. The lowest BCUT2D eigenvalue weighted by molar-refractivity contribution is -0.870. The predicted octanol–water partition coefficient (Wildman–Crippen LogP) is 8.70. The van der Waals surface area contributed by atoms with Gasteiger partial charge in [0.25, 0.3) is 0 Å². The summed E-state index contributed by atoms with van der Waals surface area (Å²) in [7, 11) is 1.22. The van der Waals surface area contributed by atoms with Crippen molar-refractivity contribution in [3.05, 3.63) is 97.2 Å². The predicted molar refractivity (Wildman–Crippen MR) is 237 cm³/mol. The topological polar surface area (TPSA) is 169 Å². The molecule has 0 bridgehead atoms. The van der Waals surface area contributed by atoms with E-state index in [4.69, 9.17) is 18.5 Å². The van der Waals surface area contributed by atoms with E-state index in [1.807, 2.05) is 40.2 Å². The van der Waals surface area contributed by atoms with E-state index in [1.165, 1.54) is 25.3 Å². The summed E-state index contributed by atoms with van der Waals surface area (Å²) in [5, 5.41) is 30.5. The third-order valence-corrected chi connectivity index (χ3v) is 9.43. The van der Waals surface area contributed by atoms with Crippen LogP contribution in [0.5, 0.6) is 0 Å². The number of phosphoric acid groups is 1. The number of aliphatic hydroxyl groups excluding tert-OH is 3. The standard InChI is InChI=1S/C46H76NO11P/c1-6-8-10-11-12-13-14-15-16-17-18-19-20-25-29-35-45(51)55-39-42(40-57-59(53,54)56-38-37-47(3,4)5)58-46(52)36-30-34-44(50)43(49)33-28-24-22-21-23-27-32-41(48)31-26-9-7-2/h9,12-13,15-16,18-19,21-24,26-28,32-33,41-44,48-50H,6-8,10-11,14,17,20,25,29-31,34-40H2,1-5H3/p+1/b13-12-,16-15-,19-18-,23-21+,24-22-,26-9-,32-27+,33-28-/t41-,42+,43+,44+/m0/s1. The Hall–Kier alpha value is -3.19. The Morgan fingerprint density at radius 1 is 0.678 bits per heavy atom. The smallest absolute Gasteiger partial charge is 0.462 e. The number of hydrogen-bond acceptors (Lipinski definition) is 10. The van der Waals surface area contributed by atoms with Crippen LogP contribution in [0.25, 0.3) is 0 Å². The first kappa shape index (κ1) is 55.8. The molecule has 5 atom stereocenters. The zero-order valence-corrected chi connectivity index (χ0v) is 37.4. The summed E-state index contributed by atoms with van der Waals surface area (Å²) in [6, 6.07) is 0. The molecule has 12 nitrogen and oxygen atoms in total. The normalized spacial score (nSPS) is 16.2. The second-order valence-electron chi connectivity index (χ2n) is 15.2. The maximum absolute atomic E-state index is 12.7. The molecule has 0 amide bonds. The van der Waals surface area contributed by atoms with Gasteiger partial charge in [-0.25, -0.2) is 4.57 Å². The molecule has 0 aromatic carbocycles. The van der Waals surface area contributed by atoms with Crippen molar-refractivity contribution in [3.63, 3.8) is 0 Å². The Kier molecular flexibility index (Phi) is 34.7. The van der Waals surface area contributed by atoms with E-state index >= 15 is 0 Å². The average molecular weight is 851 g/mol. The van der Waals surface area contributed by atoms with Crippen molar-refractivity contribution in [1.82, 2.24) is 0 Å². The molecule has 0 saturated carbocycles. The number of phosphoric ester groups is 1. The Labute approximate surface area is 355 Å². The summed E-state index contributed by atoms with van der Waals surface area (Å²) in [5.74, 6) is -1.19. The van der Waals surface area contributed by atoms with Crippen LogP contribution in [0.1, 0.15) is 110 Å². The number of carbonyl (C=O) groups excluding carboxylic acids is 2. The highest BCUT2D eigenvalue weighted by molar-refractivity contribution is 7.47. The summed E-state index contributed by atoms with van der Waals surface area (Å²) >= 11 is 0. The number of nitrogens with zero attached hydrogens (tertiary/aromatic N) is 1. The van der Waals surface area contributed by atoms with Crippen LogP contribution in [0.2, 0.25) is 0 Å². The van der Waals surface area contributed by atoms with Crippen molar-refractivity contribution < 1.29 is 57.4 Å². The first-order valence-corrected chi connectivity index (χ1v) is 22.8. The minimum atomic E-state index is -4.49. The summed E-state index contributed by atoms with van der Waals surface area (Å²) in [6.07, 6.45) is 36.9. The molecule has 1 unspecified atom stereocenters. The van der Waals surface area contributed by atoms with Gasteiger partial charge in [0.05, 0.1) is 46.1 Å². The van der Waals surface area contributed by atoms with Gasteiger partial charge < -0.3 is 34.2 Å². The number of carbonyl (C=O) groups is 2. The third-order valence-electron chi connectivity index (χ3n) is 8.44. The molecule has 0 radical (unpaired) electrons. The average Bonchev–Trinajstić information content (AvgIpc) is 3.17. The maximum Gasteiger partial charge on any atom is 0.472 e. The molecular formula is C46H77NO11P+. The van der Waals surface area contributed by atoms with E-state index in [0.29, 0.717) is 23.9 Å². The lowest BCUT2D eigenvalue weighted by atomic mass is 10.1. The molecule has 0 saturated heterocycles. The van der Waals surface area contributed by atoms with Crippen LogP contribution >= 0.6 is 7.82 Å². The van der Waals surface area contributed by atoms with Gasteiger partial charge in [-0.3, -0.25) is 18.6 Å². The first-order valence-electron chi connectivity index (χ1n) is 21.3. The molecule has 0 spiro atoms. The molecule has 0 aliphatic heterocycles. The summed E-state index contributed by atoms with van der Waals surface area (Å²) in [6.45, 7) is 3.71. The van der Waals surface area contributed by atoms with Gasteiger partial charge in [-0.15, -0.1) is 0 Å². The Bertz CT molecular complexity index is 1380. The third kappa shape index (κ3) is 38.7. The highest BCUT2D eigenvalue weighted by atomic mass is 31.2. The lowest BCUT2D eigenvalue weighted by Crippen LogP contribution is -2.37. The number of likely N-dealkylation sites (N-methyl/N-ethyl adjacent to an activating group) is 1. The van der Waals surface area contributed by atoms with Crippen molar-refractivity contribution in [1.29, 1.82) is 0 Å². The second kappa shape index (κ2) is 36.6. The number of aliphatic hydroxyl groups is 3. The molecule has 0 fully saturated rings. The molecule has 0 aromatic rings. The summed E-state index contributed by atoms with van der Waals surface area (Å²) in [4.78, 5) is 35.4. The highest BCUT2D eigenvalue weighted by Crippen LogP contribution is 2.43. The molecule has 4 N–H and O–H groups in total. The van der Waals surface area contributed by atoms with E-state index < -0.39 is 50.8 Å². The number of rotatable bonds is 36. The van der Waals surface area contributed by atoms with E-state index in [0.717, 1.165) is 38.5 Å². The number of hydrogen-bond donors (Lipinski definition) is 4. The van der Waals surface area contributed by atoms with Crippen LogP contribution in [0.4, 0.5) is 0 Å². The number of allylic oxidation sites excluding steroid dienone is 13. The minimum absolute atomic E-state index is 0.0445. The SMILES string of the molecule is CC/C=C\C[C@H](O)/C=C/C=C/C=C\C=C/[C@@H](O)[C@H](O)CCCC(=O)O[C@H](COC(=O)CCCC/C=C\C/C=C\C/C=C\CCCCC)COP(=O)(O)OCC[N+](C)(C)C. The van der Waals surface area contributed by atoms with Crippen LogP contribution in [0.3, 0.4) is 0 Å². The van der Waals surface area contributed by atoms with Crippen LogP contribution in [0.15, 0.2) is 97.2 Å². The number of unbranched alkanes of at least 4 members (excludes halogenated alkanes) is 5. The van der Waals surface area contributed by atoms with Gasteiger partial charge in [-0.05, 0) is 70.6 Å². The molecular weight excluding hydrogens is 773 g/mol. The molecule has 13 heteroatoms. The Balaban J connectivity index is 4.82. The van der Waals surface area contributed by atoms with Gasteiger partial charge in [0, 0.05) is 12.8 Å². The van der Waals surface area contributed by atoms with Crippen LogP contribution < -0.4 is 0 Å². The molecule has 0 aliphatic carbocycles. The van der Waals surface area contributed by atoms with Crippen LogP contribution in [-0.2, 0) is 32.7 Å². The molecule has 59 heavy (non-hydrogen) atoms. The van der Waals surface area contributed by atoms with Crippen molar-refractivity contribution >= 4 is 19.8 Å². The largest absolute Gasteiger partial charge is 0.472 e. The Morgan fingerprint density at radius 2 is 1.27 bits per heavy atom. The first-order chi connectivity index (χ1) is 28.2. The molecule has 0 rings (SSSR count). The monoisotopic (exact) mass is 851 g/mol. The van der Waals surface area contributed by atoms with Crippen molar-refractivity contribution in [3.8, 4) is 0 Å². The highest BCUT2D eigenvalue weighted by Gasteiger charge is 2.27. The fourth-order valence-corrected chi connectivity index (χ4v) is 5.69. The van der Waals surface area contributed by atoms with E-state index in [2.05, 4.69) is 43.4 Å². The number of esters is 2. The van der Waals surface area contributed by atoms with Gasteiger partial charge in [-0.1, -0.05) is 124 Å². The van der Waals surface area contributed by atoms with Crippen LogP contribution in [0, 0.1) is 0 Å². The Morgan fingerprint density at radius 3 is 1.90 bits per heavy atom. The molecule has 0 heterocycles. The lowest BCUT2D eigenvalue weighted by Gasteiger charge is -2.24.